The molecule has 3 aromatic rings. The number of rotatable bonds is 2. The lowest BCUT2D eigenvalue weighted by Crippen LogP contribution is -2.50. The molecule has 1 spiro atoms. The first-order valence-electron chi connectivity index (χ1n) is 9.81. The lowest BCUT2D eigenvalue weighted by molar-refractivity contribution is -0.00946. The van der Waals surface area contributed by atoms with Crippen molar-refractivity contribution in [1.29, 1.82) is 0 Å². The molecule has 7 heteroatoms. The van der Waals surface area contributed by atoms with Gasteiger partial charge in [0.2, 0.25) is 0 Å². The van der Waals surface area contributed by atoms with Crippen LogP contribution in [0.15, 0.2) is 54.7 Å². The highest BCUT2D eigenvalue weighted by Crippen LogP contribution is 2.46. The van der Waals surface area contributed by atoms with Crippen LogP contribution in [-0.2, 0) is 5.60 Å². The summed E-state index contributed by atoms with van der Waals surface area (Å²) in [6.45, 7) is 0.884. The van der Waals surface area contributed by atoms with Crippen molar-refractivity contribution in [2.24, 2.45) is 0 Å². The molecule has 0 unspecified atom stereocenters. The Morgan fingerprint density at radius 1 is 1.17 bits per heavy atom. The number of likely N-dealkylation sites (tertiary alicyclic amines) is 1. The van der Waals surface area contributed by atoms with Crippen molar-refractivity contribution in [2.45, 2.75) is 18.4 Å². The van der Waals surface area contributed by atoms with Gasteiger partial charge in [-0.3, -0.25) is 4.79 Å². The largest absolute Gasteiger partial charge is 0.496 e. The third kappa shape index (κ3) is 2.86. The summed E-state index contributed by atoms with van der Waals surface area (Å²) in [5.41, 5.74) is 1.41. The van der Waals surface area contributed by atoms with E-state index < -0.39 is 11.4 Å². The molecule has 0 aliphatic carbocycles. The van der Waals surface area contributed by atoms with E-state index >= 15 is 0 Å². The molecule has 1 aromatic heterocycles. The van der Waals surface area contributed by atoms with Gasteiger partial charge in [0.25, 0.3) is 5.91 Å². The van der Waals surface area contributed by atoms with Crippen LogP contribution in [0.2, 0.25) is 5.02 Å². The number of carbonyl (C=O) groups excluding carboxylic acids is 1. The van der Waals surface area contributed by atoms with Crippen LogP contribution in [-0.4, -0.2) is 35.6 Å². The van der Waals surface area contributed by atoms with Crippen LogP contribution in [0.25, 0.3) is 5.69 Å². The number of nitrogens with zero attached hydrogens (tertiary/aromatic N) is 2. The normalized spacial score (nSPS) is 16.6. The predicted octanol–water partition coefficient (Wildman–Crippen LogP) is 4.80. The van der Waals surface area contributed by atoms with E-state index in [0.717, 1.165) is 17.1 Å². The number of halogens is 2. The fourth-order valence-corrected chi connectivity index (χ4v) is 4.63. The lowest BCUT2D eigenvalue weighted by Gasteiger charge is -2.45. The summed E-state index contributed by atoms with van der Waals surface area (Å²) in [5, 5.41) is 0.610. The molecule has 5 rings (SSSR count). The number of carbonyl (C=O) groups is 1. The van der Waals surface area contributed by atoms with Gasteiger partial charge in [-0.25, -0.2) is 4.39 Å². The van der Waals surface area contributed by atoms with Gasteiger partial charge in [0.15, 0.2) is 5.60 Å². The number of amides is 1. The van der Waals surface area contributed by atoms with Crippen molar-refractivity contribution in [1.82, 2.24) is 9.47 Å². The van der Waals surface area contributed by atoms with E-state index in [4.69, 9.17) is 21.1 Å². The van der Waals surface area contributed by atoms with Crippen molar-refractivity contribution in [3.8, 4) is 17.2 Å². The summed E-state index contributed by atoms with van der Waals surface area (Å²) in [4.78, 5) is 14.7. The Balaban J connectivity index is 1.43. The average molecular weight is 427 g/mol. The second-order valence-corrected chi connectivity index (χ2v) is 8.02. The molecule has 3 heterocycles. The molecular weight excluding hydrogens is 407 g/mol. The number of hydrogen-bond acceptors (Lipinski definition) is 3. The van der Waals surface area contributed by atoms with Crippen LogP contribution in [0.4, 0.5) is 4.39 Å². The first kappa shape index (κ1) is 19.0. The van der Waals surface area contributed by atoms with Gasteiger partial charge in [-0.2, -0.15) is 0 Å². The first-order chi connectivity index (χ1) is 14.5. The maximum atomic E-state index is 14.4. The molecule has 154 valence electrons. The predicted molar refractivity (Wildman–Crippen MR) is 111 cm³/mol. The molecule has 30 heavy (non-hydrogen) atoms. The van der Waals surface area contributed by atoms with E-state index in [1.54, 1.807) is 11.0 Å². The summed E-state index contributed by atoms with van der Waals surface area (Å²) >= 11 is 6.19. The van der Waals surface area contributed by atoms with Crippen LogP contribution in [0.5, 0.6) is 11.5 Å². The van der Waals surface area contributed by atoms with Gasteiger partial charge in [0.05, 0.1) is 18.5 Å². The second kappa shape index (κ2) is 7.06. The van der Waals surface area contributed by atoms with E-state index in [9.17, 15) is 9.18 Å². The maximum Gasteiger partial charge on any atom is 0.260 e. The van der Waals surface area contributed by atoms with E-state index in [-0.39, 0.29) is 17.2 Å². The third-order valence-electron chi connectivity index (χ3n) is 5.97. The highest BCUT2D eigenvalue weighted by molar-refractivity contribution is 6.30. The summed E-state index contributed by atoms with van der Waals surface area (Å²) < 4.78 is 28.2. The number of piperidine rings is 1. The zero-order chi connectivity index (χ0) is 20.9. The van der Waals surface area contributed by atoms with Gasteiger partial charge in [-0.15, -0.1) is 0 Å². The van der Waals surface area contributed by atoms with E-state index in [1.807, 2.05) is 30.5 Å². The van der Waals surface area contributed by atoms with Crippen molar-refractivity contribution in [3.63, 3.8) is 0 Å². The van der Waals surface area contributed by atoms with Gasteiger partial charge in [0, 0.05) is 43.2 Å². The number of benzene rings is 2. The Bertz CT molecular complexity index is 1140. The number of hydrogen-bond donors (Lipinski definition) is 0. The van der Waals surface area contributed by atoms with Gasteiger partial charge in [-0.05, 0) is 36.4 Å². The van der Waals surface area contributed by atoms with Crippen molar-refractivity contribution in [3.05, 3.63) is 76.8 Å². The summed E-state index contributed by atoms with van der Waals surface area (Å²) in [6, 6.07) is 14.1. The van der Waals surface area contributed by atoms with Gasteiger partial charge < -0.3 is 18.9 Å². The molecule has 0 saturated carbocycles. The number of ether oxygens (including phenoxy) is 2. The topological polar surface area (TPSA) is 43.7 Å². The Labute approximate surface area is 178 Å². The van der Waals surface area contributed by atoms with Crippen LogP contribution in [0.3, 0.4) is 0 Å². The number of methoxy groups -OCH3 is 1. The smallest absolute Gasteiger partial charge is 0.260 e. The summed E-state index contributed by atoms with van der Waals surface area (Å²) in [5.74, 6) is 0.0221. The van der Waals surface area contributed by atoms with Crippen LogP contribution < -0.4 is 9.47 Å². The van der Waals surface area contributed by atoms with Crippen molar-refractivity contribution >= 4 is 17.5 Å². The summed E-state index contributed by atoms with van der Waals surface area (Å²) in [7, 11) is 1.43. The number of fused-ring (bicyclic) bond motifs is 4. The molecular formula is C23H20ClFN2O3. The van der Waals surface area contributed by atoms with E-state index in [0.29, 0.717) is 31.0 Å². The Morgan fingerprint density at radius 3 is 2.73 bits per heavy atom. The van der Waals surface area contributed by atoms with Gasteiger partial charge in [-0.1, -0.05) is 17.7 Å². The zero-order valence-electron chi connectivity index (χ0n) is 16.4. The quantitative estimate of drug-likeness (QED) is 0.591. The minimum atomic E-state index is -0.578. The zero-order valence-corrected chi connectivity index (χ0v) is 17.2. The van der Waals surface area contributed by atoms with Crippen molar-refractivity contribution < 1.29 is 18.7 Å². The molecule has 1 amide bonds. The molecule has 0 N–H and O–H groups in total. The van der Waals surface area contributed by atoms with Crippen LogP contribution in [0.1, 0.15) is 28.9 Å². The molecule has 0 radical (unpaired) electrons. The molecule has 0 bridgehead atoms. The first-order valence-corrected chi connectivity index (χ1v) is 10.2. The monoisotopic (exact) mass is 426 g/mol. The molecule has 2 aromatic carbocycles. The standard InChI is InChI=1S/C23H20ClFN2O3/c1-29-18-5-2-4-16(25)21(18)22(28)26-12-9-23(10-13-26)20-6-3-11-27(20)17-8-7-15(24)14-19(17)30-23/h2-8,11,14H,9-10,12-13H2,1H3. The SMILES string of the molecule is COc1cccc(F)c1C(=O)N1CCC2(CC1)Oc1cc(Cl)ccc1-n1cccc12. The molecule has 5 nitrogen and oxygen atoms in total. The minimum Gasteiger partial charge on any atom is -0.496 e. The van der Waals surface area contributed by atoms with E-state index in [2.05, 4.69) is 10.6 Å². The van der Waals surface area contributed by atoms with Crippen molar-refractivity contribution in [2.75, 3.05) is 20.2 Å². The van der Waals surface area contributed by atoms with Crippen LogP contribution in [0, 0.1) is 5.82 Å². The fourth-order valence-electron chi connectivity index (χ4n) is 4.46. The van der Waals surface area contributed by atoms with Gasteiger partial charge in [0.1, 0.15) is 22.9 Å². The van der Waals surface area contributed by atoms with E-state index in [1.165, 1.54) is 19.2 Å². The maximum absolute atomic E-state index is 14.4. The highest BCUT2D eigenvalue weighted by atomic mass is 35.5. The number of aromatic nitrogens is 1. The summed E-state index contributed by atoms with van der Waals surface area (Å²) in [6.07, 6.45) is 3.19. The lowest BCUT2D eigenvalue weighted by atomic mass is 9.86. The minimum absolute atomic E-state index is 0.0268. The fraction of sp³-hybridized carbons (Fsp3) is 0.261. The second-order valence-electron chi connectivity index (χ2n) is 7.58. The molecule has 2 aliphatic rings. The van der Waals surface area contributed by atoms with Crippen LogP contribution >= 0.6 is 11.6 Å². The third-order valence-corrected chi connectivity index (χ3v) is 6.20. The Morgan fingerprint density at radius 2 is 1.97 bits per heavy atom. The Kier molecular flexibility index (Phi) is 4.47. The molecule has 1 saturated heterocycles. The molecule has 2 aliphatic heterocycles. The average Bonchev–Trinajstić information content (AvgIpc) is 3.25. The molecule has 0 atom stereocenters. The highest BCUT2D eigenvalue weighted by Gasteiger charge is 2.45. The Hall–Kier alpha value is -2.99. The van der Waals surface area contributed by atoms with Gasteiger partial charge >= 0.3 is 0 Å². The molecule has 1 fully saturated rings.